The number of aryl methyl sites for hydroxylation is 1. The van der Waals surface area contributed by atoms with Crippen LogP contribution < -0.4 is 0 Å². The van der Waals surface area contributed by atoms with Crippen LogP contribution in [0.15, 0.2) is 35.1 Å². The van der Waals surface area contributed by atoms with E-state index in [1.54, 1.807) is 6.33 Å². The molecule has 0 radical (unpaired) electrons. The second kappa shape index (κ2) is 6.48. The molecule has 1 heterocycles. The van der Waals surface area contributed by atoms with Gasteiger partial charge in [-0.25, -0.2) is 4.98 Å². The van der Waals surface area contributed by atoms with Crippen LogP contribution in [0.4, 0.5) is 0 Å². The van der Waals surface area contributed by atoms with E-state index in [2.05, 4.69) is 66.2 Å². The highest BCUT2D eigenvalue weighted by atomic mass is 79.9. The molecule has 0 amide bonds. The highest BCUT2D eigenvalue weighted by Gasteiger charge is 2.12. The molecule has 0 spiro atoms. The van der Waals surface area contributed by atoms with E-state index in [1.807, 2.05) is 11.7 Å². The fourth-order valence-electron chi connectivity index (χ4n) is 1.94. The van der Waals surface area contributed by atoms with Crippen LogP contribution >= 0.6 is 31.9 Å². The molecule has 3 nitrogen and oxygen atoms in total. The van der Waals surface area contributed by atoms with Crippen molar-refractivity contribution in [2.75, 3.05) is 5.33 Å². The summed E-state index contributed by atoms with van der Waals surface area (Å²) in [6.45, 7) is 0. The molecule has 1 aromatic heterocycles. The zero-order valence-electron chi connectivity index (χ0n) is 10.2. The number of aromatic nitrogens is 3. The molecule has 2 rings (SSSR count). The van der Waals surface area contributed by atoms with Gasteiger partial charge in [-0.15, -0.1) is 0 Å². The van der Waals surface area contributed by atoms with Gasteiger partial charge >= 0.3 is 0 Å². The topological polar surface area (TPSA) is 30.7 Å². The van der Waals surface area contributed by atoms with Crippen LogP contribution in [0, 0.1) is 5.92 Å². The summed E-state index contributed by atoms with van der Waals surface area (Å²) >= 11 is 7.10. The number of alkyl halides is 1. The molecule has 1 unspecified atom stereocenters. The Morgan fingerprint density at radius 1 is 1.33 bits per heavy atom. The molecule has 0 aliphatic rings. The van der Waals surface area contributed by atoms with Crippen molar-refractivity contribution in [1.82, 2.24) is 14.8 Å². The van der Waals surface area contributed by atoms with Crippen LogP contribution in [0.3, 0.4) is 0 Å². The zero-order valence-corrected chi connectivity index (χ0v) is 13.4. The first-order valence-corrected chi connectivity index (χ1v) is 7.73. The van der Waals surface area contributed by atoms with Crippen LogP contribution in [0.25, 0.3) is 0 Å². The molecule has 0 aliphatic carbocycles. The lowest BCUT2D eigenvalue weighted by atomic mass is 9.98. The van der Waals surface area contributed by atoms with E-state index in [0.717, 1.165) is 28.5 Å². The minimum atomic E-state index is 0.530. The van der Waals surface area contributed by atoms with Crippen molar-refractivity contribution in [3.05, 3.63) is 46.5 Å². The molecule has 18 heavy (non-hydrogen) atoms. The highest BCUT2D eigenvalue weighted by molar-refractivity contribution is 9.10. The molecule has 2 aromatic rings. The third kappa shape index (κ3) is 3.65. The maximum atomic E-state index is 4.28. The third-order valence-electron chi connectivity index (χ3n) is 2.91. The van der Waals surface area contributed by atoms with E-state index in [-0.39, 0.29) is 0 Å². The first-order chi connectivity index (χ1) is 8.69. The summed E-state index contributed by atoms with van der Waals surface area (Å²) in [5, 5.41) is 5.07. The normalized spacial score (nSPS) is 12.6. The predicted molar refractivity (Wildman–Crippen MR) is 79.8 cm³/mol. The van der Waals surface area contributed by atoms with Gasteiger partial charge in [0, 0.05) is 23.3 Å². The van der Waals surface area contributed by atoms with Crippen LogP contribution in [0.1, 0.15) is 11.4 Å². The van der Waals surface area contributed by atoms with Gasteiger partial charge in [0.1, 0.15) is 12.2 Å². The third-order valence-corrected chi connectivity index (χ3v) is 4.32. The molecule has 0 saturated heterocycles. The average molecular weight is 373 g/mol. The summed E-state index contributed by atoms with van der Waals surface area (Å²) in [4.78, 5) is 4.28. The van der Waals surface area contributed by atoms with Crippen molar-refractivity contribution < 1.29 is 0 Å². The summed E-state index contributed by atoms with van der Waals surface area (Å²) < 4.78 is 2.98. The van der Waals surface area contributed by atoms with Gasteiger partial charge in [0.15, 0.2) is 0 Å². The standard InChI is InChI=1S/C13H15Br2N3/c1-18-13(16-9-17-18)7-11(8-14)5-10-3-2-4-12(15)6-10/h2-4,6,9,11H,5,7-8H2,1H3. The van der Waals surface area contributed by atoms with Gasteiger partial charge in [-0.1, -0.05) is 44.0 Å². The minimum absolute atomic E-state index is 0.530. The lowest BCUT2D eigenvalue weighted by Gasteiger charge is -2.13. The van der Waals surface area contributed by atoms with Gasteiger partial charge in [-0.2, -0.15) is 5.10 Å². The van der Waals surface area contributed by atoms with Gasteiger partial charge in [0.2, 0.25) is 0 Å². The zero-order chi connectivity index (χ0) is 13.0. The number of hydrogen-bond donors (Lipinski definition) is 0. The summed E-state index contributed by atoms with van der Waals surface area (Å²) in [6, 6.07) is 8.46. The van der Waals surface area contributed by atoms with Gasteiger partial charge in [0.05, 0.1) is 0 Å². The lowest BCUT2D eigenvalue weighted by Crippen LogP contribution is -2.13. The van der Waals surface area contributed by atoms with E-state index < -0.39 is 0 Å². The predicted octanol–water partition coefficient (Wildman–Crippen LogP) is 3.37. The maximum Gasteiger partial charge on any atom is 0.138 e. The Balaban J connectivity index is 2.04. The Morgan fingerprint density at radius 2 is 2.17 bits per heavy atom. The van der Waals surface area contributed by atoms with Gasteiger partial charge < -0.3 is 0 Å². The Morgan fingerprint density at radius 3 is 2.78 bits per heavy atom. The summed E-state index contributed by atoms with van der Waals surface area (Å²) in [5.74, 6) is 1.57. The number of halogens is 2. The molecule has 0 saturated carbocycles. The smallest absolute Gasteiger partial charge is 0.138 e. The van der Waals surface area contributed by atoms with E-state index in [4.69, 9.17) is 0 Å². The summed E-state index contributed by atoms with van der Waals surface area (Å²) in [6.07, 6.45) is 3.59. The molecular weight excluding hydrogens is 358 g/mol. The Labute approximate surface area is 124 Å². The molecule has 1 aromatic carbocycles. The molecule has 0 aliphatic heterocycles. The fourth-order valence-corrected chi connectivity index (χ4v) is 2.85. The Bertz CT molecular complexity index is 510. The molecule has 0 N–H and O–H groups in total. The SMILES string of the molecule is Cn1ncnc1CC(CBr)Cc1cccc(Br)c1. The lowest BCUT2D eigenvalue weighted by molar-refractivity contribution is 0.548. The van der Waals surface area contributed by atoms with Gasteiger partial charge in [-0.3, -0.25) is 4.68 Å². The van der Waals surface area contributed by atoms with Gasteiger partial charge in [0.25, 0.3) is 0 Å². The van der Waals surface area contributed by atoms with E-state index >= 15 is 0 Å². The second-order valence-corrected chi connectivity index (χ2v) is 5.92. The van der Waals surface area contributed by atoms with Crippen LogP contribution in [0.5, 0.6) is 0 Å². The quantitative estimate of drug-likeness (QED) is 0.753. The Hall–Kier alpha value is -0.680. The maximum absolute atomic E-state index is 4.28. The monoisotopic (exact) mass is 371 g/mol. The second-order valence-electron chi connectivity index (χ2n) is 4.36. The number of hydrogen-bond acceptors (Lipinski definition) is 2. The van der Waals surface area contributed by atoms with E-state index in [0.29, 0.717) is 5.92 Å². The van der Waals surface area contributed by atoms with Crippen molar-refractivity contribution in [1.29, 1.82) is 0 Å². The van der Waals surface area contributed by atoms with Crippen molar-refractivity contribution >= 4 is 31.9 Å². The average Bonchev–Trinajstić information content (AvgIpc) is 2.74. The van der Waals surface area contributed by atoms with Crippen molar-refractivity contribution in [2.24, 2.45) is 13.0 Å². The molecular formula is C13H15Br2N3. The van der Waals surface area contributed by atoms with Crippen LogP contribution in [-0.4, -0.2) is 20.1 Å². The molecule has 0 bridgehead atoms. The minimum Gasteiger partial charge on any atom is -0.253 e. The van der Waals surface area contributed by atoms with Crippen molar-refractivity contribution in [2.45, 2.75) is 12.8 Å². The van der Waals surface area contributed by atoms with Crippen LogP contribution in [-0.2, 0) is 19.9 Å². The summed E-state index contributed by atoms with van der Waals surface area (Å²) in [7, 11) is 1.94. The first-order valence-electron chi connectivity index (χ1n) is 5.82. The van der Waals surface area contributed by atoms with E-state index in [1.165, 1.54) is 5.56 Å². The first kappa shape index (κ1) is 13.7. The molecule has 0 fully saturated rings. The van der Waals surface area contributed by atoms with E-state index in [9.17, 15) is 0 Å². The molecule has 96 valence electrons. The largest absolute Gasteiger partial charge is 0.253 e. The molecule has 5 heteroatoms. The number of nitrogens with zero attached hydrogens (tertiary/aromatic N) is 3. The fraction of sp³-hybridized carbons (Fsp3) is 0.385. The van der Waals surface area contributed by atoms with Crippen LogP contribution in [0.2, 0.25) is 0 Å². The summed E-state index contributed by atoms with van der Waals surface area (Å²) in [5.41, 5.74) is 1.34. The Kier molecular flexibility index (Phi) is 4.95. The molecule has 1 atom stereocenters. The van der Waals surface area contributed by atoms with Gasteiger partial charge in [-0.05, 0) is 30.0 Å². The van der Waals surface area contributed by atoms with Crippen molar-refractivity contribution in [3.63, 3.8) is 0 Å². The number of rotatable bonds is 5. The number of benzene rings is 1. The highest BCUT2D eigenvalue weighted by Crippen LogP contribution is 2.18. The van der Waals surface area contributed by atoms with Crippen molar-refractivity contribution in [3.8, 4) is 0 Å².